The Morgan fingerprint density at radius 1 is 0.384 bits per heavy atom. The van der Waals surface area contributed by atoms with Crippen molar-refractivity contribution in [1.82, 2.24) is 5.32 Å². The lowest BCUT2D eigenvalue weighted by Gasteiger charge is -2.20. The van der Waals surface area contributed by atoms with Crippen molar-refractivity contribution in [3.8, 4) is 0 Å². The molecule has 0 aromatic carbocycles. The first-order chi connectivity index (χ1) is 36.0. The highest BCUT2D eigenvalue weighted by atomic mass is 16.5. The summed E-state index contributed by atoms with van der Waals surface area (Å²) < 4.78 is 5.49. The molecule has 1 amide bonds. The van der Waals surface area contributed by atoms with Crippen LogP contribution in [0.1, 0.15) is 341 Å². The topological polar surface area (TPSA) is 95.9 Å². The van der Waals surface area contributed by atoms with Crippen LogP contribution in [0.5, 0.6) is 0 Å². The molecule has 0 spiro atoms. The highest BCUT2D eigenvalue weighted by molar-refractivity contribution is 5.76. The molecule has 6 heteroatoms. The number of allylic oxidation sites excluding steroid dienone is 7. The van der Waals surface area contributed by atoms with Crippen LogP contribution in [-0.2, 0) is 14.3 Å². The fraction of sp³-hybridized carbons (Fsp3) is 0.851. The molecule has 0 rings (SSSR count). The zero-order chi connectivity index (χ0) is 52.9. The fourth-order valence-electron chi connectivity index (χ4n) is 9.84. The summed E-state index contributed by atoms with van der Waals surface area (Å²) in [6.07, 6.45) is 80.2. The second-order valence-corrected chi connectivity index (χ2v) is 22.1. The SMILES string of the molecule is CCCCCC/C=C\C/C=C\CCCCCCCCCC(=O)OCCCCCCCCCCCCCC/C=C\CCCCCCCCCCCC(=O)NC(CO)C(O)/C=C/CCCCCCCCCCCCC. The number of aliphatic hydroxyl groups excluding tert-OH is 2. The molecule has 0 saturated heterocycles. The molecule has 2 atom stereocenters. The molecule has 2 unspecified atom stereocenters. The second kappa shape index (κ2) is 62.4. The molecule has 0 bridgehead atoms. The van der Waals surface area contributed by atoms with Gasteiger partial charge in [0, 0.05) is 12.8 Å². The first kappa shape index (κ1) is 70.8. The molecule has 0 aliphatic heterocycles. The molecular weight excluding hydrogens is 899 g/mol. The van der Waals surface area contributed by atoms with E-state index in [1.165, 1.54) is 263 Å². The minimum Gasteiger partial charge on any atom is -0.466 e. The van der Waals surface area contributed by atoms with E-state index >= 15 is 0 Å². The minimum absolute atomic E-state index is 0.00548. The molecule has 0 saturated carbocycles. The molecule has 0 aliphatic rings. The lowest BCUT2D eigenvalue weighted by atomic mass is 10.0. The van der Waals surface area contributed by atoms with Crippen molar-refractivity contribution in [3.63, 3.8) is 0 Å². The van der Waals surface area contributed by atoms with E-state index < -0.39 is 12.1 Å². The molecule has 428 valence electrons. The Morgan fingerprint density at radius 2 is 0.685 bits per heavy atom. The van der Waals surface area contributed by atoms with Crippen LogP contribution in [0, 0.1) is 0 Å². The lowest BCUT2D eigenvalue weighted by Crippen LogP contribution is -2.45. The van der Waals surface area contributed by atoms with E-state index in [0.717, 1.165) is 51.4 Å². The third-order valence-electron chi connectivity index (χ3n) is 14.8. The Hall–Kier alpha value is -2.18. The van der Waals surface area contributed by atoms with E-state index in [4.69, 9.17) is 4.74 Å². The largest absolute Gasteiger partial charge is 0.466 e. The van der Waals surface area contributed by atoms with Crippen molar-refractivity contribution in [2.45, 2.75) is 353 Å². The molecule has 0 heterocycles. The number of nitrogens with one attached hydrogen (secondary N) is 1. The van der Waals surface area contributed by atoms with Crippen LogP contribution in [0.4, 0.5) is 0 Å². The van der Waals surface area contributed by atoms with Crippen molar-refractivity contribution in [2.24, 2.45) is 0 Å². The van der Waals surface area contributed by atoms with Gasteiger partial charge in [0.15, 0.2) is 0 Å². The number of ether oxygens (including phenoxy) is 1. The van der Waals surface area contributed by atoms with Crippen LogP contribution < -0.4 is 5.32 Å². The Kier molecular flexibility index (Phi) is 60.5. The molecule has 0 radical (unpaired) electrons. The van der Waals surface area contributed by atoms with E-state index in [2.05, 4.69) is 55.6 Å². The normalized spacial score (nSPS) is 12.9. The highest BCUT2D eigenvalue weighted by Crippen LogP contribution is 2.17. The van der Waals surface area contributed by atoms with Gasteiger partial charge >= 0.3 is 5.97 Å². The summed E-state index contributed by atoms with van der Waals surface area (Å²) in [6, 6.07) is -0.630. The van der Waals surface area contributed by atoms with Gasteiger partial charge in [-0.05, 0) is 89.9 Å². The van der Waals surface area contributed by atoms with E-state index in [0.29, 0.717) is 19.4 Å². The number of hydrogen-bond acceptors (Lipinski definition) is 5. The Bertz CT molecular complexity index is 1230. The average molecular weight is 1020 g/mol. The second-order valence-electron chi connectivity index (χ2n) is 22.1. The van der Waals surface area contributed by atoms with Crippen LogP contribution in [0.2, 0.25) is 0 Å². The van der Waals surface area contributed by atoms with Gasteiger partial charge in [-0.25, -0.2) is 0 Å². The standard InChI is InChI=1S/C67H125NO5/c1-3-5-7-9-11-13-15-17-18-19-30-33-37-41-45-49-53-57-61-67(72)73-62-58-54-50-46-42-38-34-31-28-26-24-22-20-21-23-25-27-29-32-36-40-44-48-52-56-60-66(71)68-64(63-69)65(70)59-55-51-47-43-39-35-16-14-12-10-8-6-4-2/h13,15,18-19,21,23,55,59,64-65,69-70H,3-12,14,16-17,20,22,24-54,56-58,60-63H2,1-2H3,(H,68,71)/b15-13-,19-18-,23-21-,59-55+. The Balaban J connectivity index is 3.40. The van der Waals surface area contributed by atoms with Crippen molar-refractivity contribution < 1.29 is 24.5 Å². The molecule has 3 N–H and O–H groups in total. The van der Waals surface area contributed by atoms with Gasteiger partial charge < -0.3 is 20.3 Å². The molecule has 0 aromatic heterocycles. The summed E-state index contributed by atoms with van der Waals surface area (Å²) in [7, 11) is 0. The Morgan fingerprint density at radius 3 is 1.07 bits per heavy atom. The van der Waals surface area contributed by atoms with Crippen LogP contribution in [0.25, 0.3) is 0 Å². The predicted molar refractivity (Wildman–Crippen MR) is 319 cm³/mol. The van der Waals surface area contributed by atoms with Gasteiger partial charge in [0.2, 0.25) is 5.91 Å². The number of aliphatic hydroxyl groups is 2. The summed E-state index contributed by atoms with van der Waals surface area (Å²) in [4.78, 5) is 24.5. The first-order valence-electron chi connectivity index (χ1n) is 32.4. The highest BCUT2D eigenvalue weighted by Gasteiger charge is 2.18. The van der Waals surface area contributed by atoms with Gasteiger partial charge in [0.25, 0.3) is 0 Å². The zero-order valence-electron chi connectivity index (χ0n) is 48.9. The van der Waals surface area contributed by atoms with E-state index in [1.54, 1.807) is 6.08 Å². The number of amides is 1. The summed E-state index contributed by atoms with van der Waals surface area (Å²) >= 11 is 0. The van der Waals surface area contributed by atoms with Crippen molar-refractivity contribution in [3.05, 3.63) is 48.6 Å². The fourth-order valence-corrected chi connectivity index (χ4v) is 9.84. The molecule has 0 aliphatic carbocycles. The van der Waals surface area contributed by atoms with Crippen molar-refractivity contribution in [2.75, 3.05) is 13.2 Å². The Labute approximate surface area is 455 Å². The third-order valence-corrected chi connectivity index (χ3v) is 14.8. The van der Waals surface area contributed by atoms with Gasteiger partial charge in [-0.2, -0.15) is 0 Å². The van der Waals surface area contributed by atoms with Gasteiger partial charge in [0.05, 0.1) is 25.4 Å². The number of hydrogen-bond donors (Lipinski definition) is 3. The van der Waals surface area contributed by atoms with Crippen LogP contribution >= 0.6 is 0 Å². The molecule has 0 fully saturated rings. The summed E-state index contributed by atoms with van der Waals surface area (Å²) in [5.41, 5.74) is 0. The van der Waals surface area contributed by atoms with Crippen LogP contribution in [-0.4, -0.2) is 47.4 Å². The van der Waals surface area contributed by atoms with Gasteiger partial charge in [0.1, 0.15) is 0 Å². The van der Waals surface area contributed by atoms with Gasteiger partial charge in [-0.3, -0.25) is 9.59 Å². The number of carbonyl (C=O) groups is 2. The van der Waals surface area contributed by atoms with Crippen molar-refractivity contribution in [1.29, 1.82) is 0 Å². The summed E-state index contributed by atoms with van der Waals surface area (Å²) in [6.45, 7) is 4.89. The lowest BCUT2D eigenvalue weighted by molar-refractivity contribution is -0.143. The van der Waals surface area contributed by atoms with Crippen molar-refractivity contribution >= 4 is 11.9 Å². The third kappa shape index (κ3) is 58.9. The average Bonchev–Trinajstić information content (AvgIpc) is 3.39. The van der Waals surface area contributed by atoms with Crippen LogP contribution in [0.3, 0.4) is 0 Å². The minimum atomic E-state index is -0.846. The maximum atomic E-state index is 12.5. The molecule has 0 aromatic rings. The number of rotatable bonds is 60. The van der Waals surface area contributed by atoms with E-state index in [-0.39, 0.29) is 18.5 Å². The van der Waals surface area contributed by atoms with Crippen LogP contribution in [0.15, 0.2) is 48.6 Å². The molecule has 73 heavy (non-hydrogen) atoms. The van der Waals surface area contributed by atoms with Gasteiger partial charge in [-0.15, -0.1) is 0 Å². The maximum Gasteiger partial charge on any atom is 0.305 e. The summed E-state index contributed by atoms with van der Waals surface area (Å²) in [5, 5.41) is 23.1. The maximum absolute atomic E-state index is 12.5. The number of esters is 1. The van der Waals surface area contributed by atoms with E-state index in [9.17, 15) is 19.8 Å². The first-order valence-corrected chi connectivity index (χ1v) is 32.4. The molecular formula is C67H125NO5. The zero-order valence-corrected chi connectivity index (χ0v) is 48.9. The summed E-state index contributed by atoms with van der Waals surface area (Å²) in [5.74, 6) is -0.0656. The monoisotopic (exact) mass is 1020 g/mol. The predicted octanol–water partition coefficient (Wildman–Crippen LogP) is 20.5. The van der Waals surface area contributed by atoms with E-state index in [1.807, 2.05) is 6.08 Å². The smallest absolute Gasteiger partial charge is 0.305 e. The molecule has 6 nitrogen and oxygen atoms in total. The quantitative estimate of drug-likeness (QED) is 0.0320. The number of carbonyl (C=O) groups excluding carboxylic acids is 2. The van der Waals surface area contributed by atoms with Gasteiger partial charge in [-0.1, -0.05) is 287 Å². The number of unbranched alkanes of at least 4 members (excludes halogenated alkanes) is 43.